The number of hydrogen-bond acceptors (Lipinski definition) is 4. The van der Waals surface area contributed by atoms with Crippen molar-refractivity contribution in [2.75, 3.05) is 0 Å². The van der Waals surface area contributed by atoms with E-state index in [1.165, 1.54) is 0 Å². The maximum absolute atomic E-state index is 9.96. The first-order valence-corrected chi connectivity index (χ1v) is 8.87. The van der Waals surface area contributed by atoms with Crippen molar-refractivity contribution >= 4 is 28.5 Å². The monoisotopic (exact) mass is 278 g/mol. The van der Waals surface area contributed by atoms with Gasteiger partial charge in [-0.1, -0.05) is 60.7 Å². The number of rotatable bonds is 4. The Morgan fingerprint density at radius 1 is 0.833 bits per heavy atom. The average Bonchev–Trinajstić information content (AvgIpc) is 2.40. The largest absolute Gasteiger partial charge is 0.522 e. The molecule has 0 radical (unpaired) electrons. The Balaban J connectivity index is 2.14. The zero-order chi connectivity index (χ0) is 13.0. The van der Waals surface area contributed by atoms with Gasteiger partial charge in [-0.25, -0.2) is 0 Å². The van der Waals surface area contributed by atoms with Crippen LogP contribution in [0.3, 0.4) is 0 Å². The molecule has 18 heavy (non-hydrogen) atoms. The molecule has 0 saturated heterocycles. The molecule has 94 valence electrons. The predicted molar refractivity (Wildman–Crippen MR) is 72.8 cm³/mol. The van der Waals surface area contributed by atoms with Crippen LogP contribution in [-0.4, -0.2) is 32.5 Å². The van der Waals surface area contributed by atoms with Gasteiger partial charge in [0.05, 0.1) is 0 Å². The predicted octanol–water partition coefficient (Wildman–Crippen LogP) is -1.05. The molecular weight excluding hydrogens is 264 g/mol. The molecule has 0 saturated carbocycles. The summed E-state index contributed by atoms with van der Waals surface area (Å²) < 4.78 is 5.15. The Morgan fingerprint density at radius 3 is 1.89 bits per heavy atom. The van der Waals surface area contributed by atoms with Crippen LogP contribution in [0.15, 0.2) is 60.7 Å². The normalized spacial score (nSPS) is 13.3. The SMILES string of the molecule is O[SiH](O[Si](O)(O)c1ccccc1)c1ccccc1. The number of hydrogen-bond donors (Lipinski definition) is 3. The number of benzene rings is 2. The smallest absolute Gasteiger partial charge is 0.410 e. The Kier molecular flexibility index (Phi) is 4.07. The van der Waals surface area contributed by atoms with E-state index < -0.39 is 18.1 Å². The Labute approximate surface area is 108 Å². The van der Waals surface area contributed by atoms with Crippen LogP contribution in [0.5, 0.6) is 0 Å². The highest BCUT2D eigenvalue weighted by Gasteiger charge is 2.38. The minimum Gasteiger partial charge on any atom is -0.410 e. The summed E-state index contributed by atoms with van der Waals surface area (Å²) in [5.41, 5.74) is 0. The second kappa shape index (κ2) is 5.57. The van der Waals surface area contributed by atoms with E-state index in [9.17, 15) is 14.4 Å². The summed E-state index contributed by atoms with van der Waals surface area (Å²) in [5, 5.41) is 0.945. The van der Waals surface area contributed by atoms with Crippen molar-refractivity contribution in [3.63, 3.8) is 0 Å². The maximum Gasteiger partial charge on any atom is 0.522 e. The zero-order valence-electron chi connectivity index (χ0n) is 9.60. The van der Waals surface area contributed by atoms with E-state index in [2.05, 4.69) is 0 Å². The molecule has 4 nitrogen and oxygen atoms in total. The van der Waals surface area contributed by atoms with Gasteiger partial charge >= 0.3 is 18.1 Å². The first kappa shape index (κ1) is 13.2. The van der Waals surface area contributed by atoms with Crippen molar-refractivity contribution in [3.8, 4) is 0 Å². The van der Waals surface area contributed by atoms with Gasteiger partial charge in [-0.2, -0.15) is 0 Å². The molecule has 0 amide bonds. The molecule has 2 rings (SSSR count). The van der Waals surface area contributed by atoms with Crippen LogP contribution in [0.1, 0.15) is 0 Å². The van der Waals surface area contributed by atoms with E-state index in [-0.39, 0.29) is 0 Å². The second-order valence-corrected chi connectivity index (χ2v) is 7.96. The summed E-state index contributed by atoms with van der Waals surface area (Å²) in [4.78, 5) is 29.9. The second-order valence-electron chi connectivity index (χ2n) is 3.86. The quantitative estimate of drug-likeness (QED) is 0.625. The molecule has 3 N–H and O–H groups in total. The highest BCUT2D eigenvalue weighted by atomic mass is 28.4. The molecule has 0 fully saturated rings. The Bertz CT molecular complexity index is 490. The van der Waals surface area contributed by atoms with Crippen molar-refractivity contribution in [3.05, 3.63) is 60.7 Å². The third kappa shape index (κ3) is 3.13. The third-order valence-corrected chi connectivity index (χ3v) is 6.76. The molecule has 0 aliphatic heterocycles. The van der Waals surface area contributed by atoms with Crippen LogP contribution >= 0.6 is 0 Å². The summed E-state index contributed by atoms with van der Waals surface area (Å²) in [6, 6.07) is 17.1. The van der Waals surface area contributed by atoms with Crippen molar-refractivity contribution < 1.29 is 18.5 Å². The van der Waals surface area contributed by atoms with Gasteiger partial charge in [-0.15, -0.1) is 0 Å². The zero-order valence-corrected chi connectivity index (χ0v) is 11.8. The van der Waals surface area contributed by atoms with E-state index in [4.69, 9.17) is 4.12 Å². The molecular formula is C12H14O4Si2. The minimum absolute atomic E-state index is 0.326. The summed E-state index contributed by atoms with van der Waals surface area (Å²) in [6.45, 7) is 0. The third-order valence-electron chi connectivity index (χ3n) is 2.51. The van der Waals surface area contributed by atoms with Gasteiger partial charge in [0.25, 0.3) is 0 Å². The van der Waals surface area contributed by atoms with Gasteiger partial charge in [0, 0.05) is 5.19 Å². The maximum atomic E-state index is 9.96. The molecule has 2 aromatic rings. The van der Waals surface area contributed by atoms with Crippen molar-refractivity contribution in [2.45, 2.75) is 0 Å². The molecule has 0 aliphatic carbocycles. The molecule has 0 bridgehead atoms. The summed E-state index contributed by atoms with van der Waals surface area (Å²) >= 11 is 0. The van der Waals surface area contributed by atoms with Gasteiger partial charge < -0.3 is 18.5 Å². The molecule has 1 atom stereocenters. The fourth-order valence-electron chi connectivity index (χ4n) is 1.56. The van der Waals surface area contributed by atoms with Gasteiger partial charge in [0.15, 0.2) is 0 Å². The van der Waals surface area contributed by atoms with E-state index in [0.717, 1.165) is 0 Å². The summed E-state index contributed by atoms with van der Waals surface area (Å²) in [7, 11) is -6.81. The highest BCUT2D eigenvalue weighted by Crippen LogP contribution is 2.00. The highest BCUT2D eigenvalue weighted by molar-refractivity contribution is 6.80. The molecule has 2 aromatic carbocycles. The van der Waals surface area contributed by atoms with Crippen LogP contribution in [0.2, 0.25) is 0 Å². The lowest BCUT2D eigenvalue weighted by molar-refractivity contribution is 0.242. The lowest BCUT2D eigenvalue weighted by Gasteiger charge is -2.21. The summed E-state index contributed by atoms with van der Waals surface area (Å²) in [6.07, 6.45) is 0. The van der Waals surface area contributed by atoms with E-state index in [1.807, 2.05) is 6.07 Å². The van der Waals surface area contributed by atoms with Crippen LogP contribution in [0.4, 0.5) is 0 Å². The van der Waals surface area contributed by atoms with Gasteiger partial charge in [0.2, 0.25) is 0 Å². The molecule has 1 unspecified atom stereocenters. The van der Waals surface area contributed by atoms with Crippen LogP contribution in [0.25, 0.3) is 0 Å². The fourth-order valence-corrected chi connectivity index (χ4v) is 5.08. The molecule has 6 heteroatoms. The first-order valence-electron chi connectivity index (χ1n) is 5.51. The lowest BCUT2D eigenvalue weighted by atomic mass is 10.4. The molecule has 0 aliphatic rings. The Hall–Kier alpha value is -1.29. The van der Waals surface area contributed by atoms with Crippen LogP contribution in [-0.2, 0) is 4.12 Å². The fraction of sp³-hybridized carbons (Fsp3) is 0. The van der Waals surface area contributed by atoms with Gasteiger partial charge in [-0.3, -0.25) is 0 Å². The van der Waals surface area contributed by atoms with Crippen LogP contribution in [0, 0.1) is 0 Å². The average molecular weight is 278 g/mol. The molecule has 0 spiro atoms. The molecule has 0 heterocycles. The first-order chi connectivity index (χ1) is 8.59. The van der Waals surface area contributed by atoms with E-state index >= 15 is 0 Å². The van der Waals surface area contributed by atoms with Gasteiger partial charge in [0.1, 0.15) is 0 Å². The van der Waals surface area contributed by atoms with Gasteiger partial charge in [-0.05, 0) is 5.19 Å². The Morgan fingerprint density at radius 2 is 1.33 bits per heavy atom. The van der Waals surface area contributed by atoms with Crippen molar-refractivity contribution in [2.24, 2.45) is 0 Å². The van der Waals surface area contributed by atoms with Crippen molar-refractivity contribution in [1.82, 2.24) is 0 Å². The standard InChI is InChI=1S/C12H14O4Si2/c13-17(11-7-3-1-4-8-11)16-18(14,15)12-9-5-2-6-10-12/h1-10,13-15,17H. The topological polar surface area (TPSA) is 69.9 Å². The minimum atomic E-state index is -4.01. The molecule has 0 aromatic heterocycles. The van der Waals surface area contributed by atoms with Crippen molar-refractivity contribution in [1.29, 1.82) is 0 Å². The van der Waals surface area contributed by atoms with E-state index in [1.54, 1.807) is 54.6 Å². The lowest BCUT2D eigenvalue weighted by Crippen LogP contribution is -2.57. The van der Waals surface area contributed by atoms with Crippen LogP contribution < -0.4 is 10.4 Å². The summed E-state index contributed by atoms with van der Waals surface area (Å²) in [5.74, 6) is 0. The van der Waals surface area contributed by atoms with E-state index in [0.29, 0.717) is 10.4 Å².